The van der Waals surface area contributed by atoms with Crippen LogP contribution in [0, 0.1) is 0 Å². The second-order valence-corrected chi connectivity index (χ2v) is 15.5. The lowest BCUT2D eigenvalue weighted by atomic mass is 10.2. The van der Waals surface area contributed by atoms with Crippen molar-refractivity contribution in [1.29, 1.82) is 0 Å². The maximum atomic E-state index is 13.3. The Kier molecular flexibility index (Phi) is 12.0. The van der Waals surface area contributed by atoms with E-state index >= 15 is 0 Å². The number of H-pyrrole nitrogens is 1. The van der Waals surface area contributed by atoms with Crippen molar-refractivity contribution in [3.63, 3.8) is 0 Å². The van der Waals surface area contributed by atoms with Gasteiger partial charge in [0.2, 0.25) is 5.95 Å². The molecule has 1 saturated heterocycles. The van der Waals surface area contributed by atoms with Gasteiger partial charge in [0, 0.05) is 85.7 Å². The van der Waals surface area contributed by atoms with Gasteiger partial charge in [0.05, 0.1) is 29.5 Å². The Labute approximate surface area is 364 Å². The van der Waals surface area contributed by atoms with Crippen LogP contribution in [0.4, 0.5) is 23.0 Å². The summed E-state index contributed by atoms with van der Waals surface area (Å²) in [7, 11) is 8.66. The van der Waals surface area contributed by atoms with Crippen LogP contribution in [0.1, 0.15) is 61.0 Å². The zero-order chi connectivity index (χ0) is 45.2. The minimum absolute atomic E-state index is 0.126. The van der Waals surface area contributed by atoms with E-state index in [4.69, 9.17) is 9.47 Å². The minimum Gasteiger partial charge on any atom is -0.476 e. The second-order valence-electron chi connectivity index (χ2n) is 15.5. The molecule has 7 N–H and O–H groups in total. The molecule has 1 aliphatic heterocycles. The quantitative estimate of drug-likeness (QED) is 0.0695. The maximum Gasteiger partial charge on any atom is 0.280 e. The van der Waals surface area contributed by atoms with Gasteiger partial charge in [-0.05, 0) is 48.9 Å². The topological polar surface area (TPSA) is 255 Å². The molecule has 22 nitrogen and oxygen atoms in total. The molecule has 1 aliphatic rings. The van der Waals surface area contributed by atoms with Crippen molar-refractivity contribution in [2.45, 2.75) is 31.3 Å². The first kappa shape index (κ1) is 42.8. The number of rotatable bonds is 16. The molecule has 334 valence electrons. The van der Waals surface area contributed by atoms with Gasteiger partial charge in [-0.1, -0.05) is 0 Å². The first-order chi connectivity index (χ1) is 30.7. The lowest BCUT2D eigenvalue weighted by Gasteiger charge is -2.16. The number of imidazole rings is 1. The van der Waals surface area contributed by atoms with Crippen LogP contribution in [-0.4, -0.2) is 103 Å². The van der Waals surface area contributed by atoms with E-state index in [9.17, 15) is 29.1 Å². The molecule has 3 atom stereocenters. The van der Waals surface area contributed by atoms with Crippen LogP contribution >= 0.6 is 0 Å². The van der Waals surface area contributed by atoms with Crippen molar-refractivity contribution in [1.82, 2.24) is 47.7 Å². The Balaban J connectivity index is 0.804. The number of nitrogens with one attached hydrogen (secondary N) is 6. The number of aryl methyl sites for hydroxylation is 5. The van der Waals surface area contributed by atoms with Gasteiger partial charge in [0.25, 0.3) is 29.2 Å². The van der Waals surface area contributed by atoms with Gasteiger partial charge in [-0.2, -0.15) is 4.98 Å². The van der Waals surface area contributed by atoms with E-state index in [1.807, 2.05) is 29.9 Å². The van der Waals surface area contributed by atoms with Crippen molar-refractivity contribution in [3.05, 3.63) is 113 Å². The van der Waals surface area contributed by atoms with E-state index in [2.05, 4.69) is 41.5 Å². The Morgan fingerprint density at radius 3 is 1.94 bits per heavy atom. The summed E-state index contributed by atoms with van der Waals surface area (Å²) >= 11 is 0. The average molecular weight is 877 g/mol. The number of aromatic amines is 1. The third kappa shape index (κ3) is 9.03. The van der Waals surface area contributed by atoms with Crippen LogP contribution < -0.4 is 36.9 Å². The van der Waals surface area contributed by atoms with Crippen LogP contribution in [-0.2, 0) is 40.0 Å². The molecule has 0 unspecified atom stereocenters. The predicted molar refractivity (Wildman–Crippen MR) is 235 cm³/mol. The van der Waals surface area contributed by atoms with Gasteiger partial charge < -0.3 is 64.0 Å². The van der Waals surface area contributed by atoms with Gasteiger partial charge in [-0.15, -0.1) is 0 Å². The molecular weight excluding hydrogens is 829 g/mol. The van der Waals surface area contributed by atoms with Crippen molar-refractivity contribution >= 4 is 57.8 Å². The SMILES string of the molecule is Cn1cccc1OC[C@H]1O[C@@H](n2cnc3c(=O)[nH]c(NCCCNC(=O)c4cc(NC(=O)c5cc(NC(=O)c6cc(NC(=O)c7cccn7C)cn6C)cn5C)cn4C)nc32)C[C@@H]1O. The monoisotopic (exact) mass is 876 g/mol. The number of fused-ring (bicyclic) bond motifs is 1. The van der Waals surface area contributed by atoms with Gasteiger partial charge in [0.1, 0.15) is 41.7 Å². The molecule has 64 heavy (non-hydrogen) atoms. The zero-order valence-electron chi connectivity index (χ0n) is 35.7. The molecule has 8 rings (SSSR count). The van der Waals surface area contributed by atoms with Crippen LogP contribution in [0.3, 0.4) is 0 Å². The van der Waals surface area contributed by atoms with Crippen molar-refractivity contribution in [3.8, 4) is 5.88 Å². The summed E-state index contributed by atoms with van der Waals surface area (Å²) in [5.41, 5.74) is 2.50. The van der Waals surface area contributed by atoms with Gasteiger partial charge in [-0.3, -0.25) is 33.5 Å². The lowest BCUT2D eigenvalue weighted by Crippen LogP contribution is -2.28. The molecule has 0 saturated carbocycles. The first-order valence-corrected chi connectivity index (χ1v) is 20.3. The maximum absolute atomic E-state index is 13.3. The molecular formula is C42H48N14O8. The standard InChI is InChI=1S/C42H48N14O8/c1-51-13-6-9-27(51)38(59)46-25-16-29(54(4)20-25)40(61)48-26-17-30(55(5)21-26)39(60)47-24-15-28(53(3)19-24)37(58)43-11-8-12-44-42-49-36-35(41(62)50-42)45-23-56(36)34-18-31(57)32(64-34)22-63-33-10-7-14-52(33)2/h6-7,9-10,13-17,19-21,23,31-32,34,57H,8,11-12,18,22H2,1-5H3,(H,43,58)(H,46,59)(H,47,60)(H,48,61)(H2,44,49,50,62)/t31-,32+,34+/m0/s1. The Hall–Kier alpha value is -7.85. The van der Waals surface area contributed by atoms with Crippen LogP contribution in [0.2, 0.25) is 0 Å². The molecule has 0 aliphatic carbocycles. The van der Waals surface area contributed by atoms with E-state index in [0.717, 1.165) is 0 Å². The molecule has 0 aromatic carbocycles. The number of hydrogen-bond acceptors (Lipinski definition) is 11. The van der Waals surface area contributed by atoms with E-state index < -0.39 is 35.8 Å². The number of carbonyl (C=O) groups is 4. The normalized spacial score (nSPS) is 15.9. The Morgan fingerprint density at radius 1 is 0.781 bits per heavy atom. The largest absolute Gasteiger partial charge is 0.476 e. The van der Waals surface area contributed by atoms with Gasteiger partial charge in [-0.25, -0.2) is 4.98 Å². The van der Waals surface area contributed by atoms with Crippen molar-refractivity contribution in [2.24, 2.45) is 35.2 Å². The highest BCUT2D eigenvalue weighted by atomic mass is 16.6. The molecule has 0 bridgehead atoms. The molecule has 7 aromatic heterocycles. The molecule has 8 heterocycles. The smallest absolute Gasteiger partial charge is 0.280 e. The Morgan fingerprint density at radius 2 is 1.36 bits per heavy atom. The van der Waals surface area contributed by atoms with Gasteiger partial charge in [0.15, 0.2) is 17.0 Å². The highest BCUT2D eigenvalue weighted by molar-refractivity contribution is 6.08. The Bertz CT molecular complexity index is 2930. The van der Waals surface area contributed by atoms with Crippen LogP contribution in [0.25, 0.3) is 11.2 Å². The van der Waals surface area contributed by atoms with Crippen LogP contribution in [0.15, 0.2) is 84.6 Å². The third-order valence-electron chi connectivity index (χ3n) is 10.8. The zero-order valence-corrected chi connectivity index (χ0v) is 35.7. The summed E-state index contributed by atoms with van der Waals surface area (Å²) in [6.45, 7) is 0.777. The van der Waals surface area contributed by atoms with E-state index in [1.165, 1.54) is 12.4 Å². The highest BCUT2D eigenvalue weighted by Gasteiger charge is 2.36. The van der Waals surface area contributed by atoms with E-state index in [-0.39, 0.29) is 59.9 Å². The number of anilines is 4. The number of carbonyl (C=O) groups excluding carboxylic acids is 4. The van der Waals surface area contributed by atoms with Crippen LogP contribution in [0.5, 0.6) is 5.88 Å². The molecule has 0 spiro atoms. The predicted octanol–water partition coefficient (Wildman–Crippen LogP) is 2.53. The lowest BCUT2D eigenvalue weighted by molar-refractivity contribution is -0.0392. The fourth-order valence-electron chi connectivity index (χ4n) is 7.47. The molecule has 1 fully saturated rings. The fourth-order valence-corrected chi connectivity index (χ4v) is 7.47. The van der Waals surface area contributed by atoms with E-state index in [1.54, 1.807) is 100 Å². The first-order valence-electron chi connectivity index (χ1n) is 20.3. The molecule has 0 radical (unpaired) electrons. The van der Waals surface area contributed by atoms with Crippen molar-refractivity contribution in [2.75, 3.05) is 41.0 Å². The summed E-state index contributed by atoms with van der Waals surface area (Å²) in [5, 5.41) is 25.1. The summed E-state index contributed by atoms with van der Waals surface area (Å²) in [6, 6.07) is 11.8. The average Bonchev–Trinajstić information content (AvgIpc) is 4.12. The van der Waals surface area contributed by atoms with Gasteiger partial charge >= 0.3 is 0 Å². The molecule has 4 amide bonds. The third-order valence-corrected chi connectivity index (χ3v) is 10.8. The number of aliphatic hydroxyl groups is 1. The number of aliphatic hydroxyl groups excluding tert-OH is 1. The number of ether oxygens (including phenoxy) is 2. The number of hydrogen-bond donors (Lipinski definition) is 7. The second kappa shape index (κ2) is 17.9. The number of nitrogens with zero attached hydrogens (tertiary/aromatic N) is 8. The fraction of sp³-hybridized carbons (Fsp3) is 0.310. The highest BCUT2D eigenvalue weighted by Crippen LogP contribution is 2.31. The minimum atomic E-state index is -0.801. The van der Waals surface area contributed by atoms with Crippen molar-refractivity contribution < 1.29 is 33.8 Å². The van der Waals surface area contributed by atoms with E-state index in [0.29, 0.717) is 47.3 Å². The summed E-state index contributed by atoms with van der Waals surface area (Å²) in [6.07, 6.45) is 8.65. The molecule has 22 heteroatoms. The number of amides is 4. The summed E-state index contributed by atoms with van der Waals surface area (Å²) in [5.74, 6) is -0.728. The number of aromatic nitrogens is 9. The molecule has 7 aromatic rings. The summed E-state index contributed by atoms with van der Waals surface area (Å²) < 4.78 is 21.8. The summed E-state index contributed by atoms with van der Waals surface area (Å²) in [4.78, 5) is 76.7.